The second-order valence-corrected chi connectivity index (χ2v) is 7.82. The predicted molar refractivity (Wildman–Crippen MR) is 105 cm³/mol. The van der Waals surface area contributed by atoms with E-state index in [4.69, 9.17) is 0 Å². The molecule has 0 spiro atoms. The van der Waals surface area contributed by atoms with Crippen LogP contribution < -0.4 is 0 Å². The molecule has 3 unspecified atom stereocenters. The maximum absolute atomic E-state index is 3.78. The van der Waals surface area contributed by atoms with Gasteiger partial charge in [0.05, 0.1) is 0 Å². The number of rotatable bonds is 14. The largest absolute Gasteiger partial charge is 0.126 e. The molecule has 0 aromatic rings. The zero-order valence-corrected chi connectivity index (χ0v) is 16.1. The highest BCUT2D eigenvalue weighted by Crippen LogP contribution is 2.42. The molecule has 1 rings (SSSR count). The summed E-state index contributed by atoms with van der Waals surface area (Å²) in [7, 11) is 0. The predicted octanol–water partition coefficient (Wildman–Crippen LogP) is 7.86. The molecule has 0 bridgehead atoms. The van der Waals surface area contributed by atoms with E-state index in [9.17, 15) is 0 Å². The van der Waals surface area contributed by atoms with Crippen molar-refractivity contribution in [1.82, 2.24) is 0 Å². The minimum atomic E-state index is 0.885. The van der Waals surface area contributed by atoms with Gasteiger partial charge in [0.15, 0.2) is 0 Å². The minimum Gasteiger partial charge on any atom is -0.126 e. The average Bonchev–Trinajstić information content (AvgIpc) is 3.25. The third-order valence-corrected chi connectivity index (χ3v) is 5.36. The Morgan fingerprint density at radius 3 is 2.57 bits per heavy atom. The van der Waals surface area contributed by atoms with Gasteiger partial charge in [0.25, 0.3) is 0 Å². The van der Waals surface area contributed by atoms with Crippen molar-refractivity contribution >= 4 is 0 Å². The lowest BCUT2D eigenvalue weighted by Gasteiger charge is -2.11. The normalized spacial score (nSPS) is 20.7. The van der Waals surface area contributed by atoms with Crippen molar-refractivity contribution in [1.29, 1.82) is 0 Å². The fourth-order valence-electron chi connectivity index (χ4n) is 3.36. The summed E-state index contributed by atoms with van der Waals surface area (Å²) in [5.74, 6) is 2.96. The van der Waals surface area contributed by atoms with Gasteiger partial charge in [-0.2, -0.15) is 0 Å². The molecule has 1 fully saturated rings. The summed E-state index contributed by atoms with van der Waals surface area (Å²) in [6.07, 6.45) is 20.1. The Morgan fingerprint density at radius 2 is 1.91 bits per heavy atom. The van der Waals surface area contributed by atoms with E-state index in [1.54, 1.807) is 5.57 Å². The Balaban J connectivity index is 2.20. The van der Waals surface area contributed by atoms with E-state index in [1.165, 1.54) is 70.6 Å². The third-order valence-electron chi connectivity index (χ3n) is 5.36. The second-order valence-electron chi connectivity index (χ2n) is 7.82. The Labute approximate surface area is 146 Å². The lowest BCUT2D eigenvalue weighted by Crippen LogP contribution is -1.97. The lowest BCUT2D eigenvalue weighted by atomic mass is 9.94. The highest BCUT2D eigenvalue weighted by Gasteiger charge is 2.31. The zero-order chi connectivity index (χ0) is 16.9. The summed E-state index contributed by atoms with van der Waals surface area (Å²) in [6, 6.07) is 0. The Hall–Kier alpha value is -0.740. The van der Waals surface area contributed by atoms with Crippen molar-refractivity contribution in [2.24, 2.45) is 17.8 Å². The van der Waals surface area contributed by atoms with Gasteiger partial charge >= 0.3 is 0 Å². The van der Waals surface area contributed by atoms with Gasteiger partial charge in [0, 0.05) is 0 Å². The summed E-state index contributed by atoms with van der Waals surface area (Å²) in [4.78, 5) is 0. The number of hydrogen-bond donors (Lipinski definition) is 0. The molecule has 0 aliphatic heterocycles. The molecule has 0 heteroatoms. The molecule has 1 aliphatic rings. The highest BCUT2D eigenvalue weighted by atomic mass is 14.4. The van der Waals surface area contributed by atoms with Crippen molar-refractivity contribution < 1.29 is 0 Å². The zero-order valence-electron chi connectivity index (χ0n) is 16.1. The first-order valence-electron chi connectivity index (χ1n) is 10.2. The molecule has 0 heterocycles. The molecule has 3 atom stereocenters. The van der Waals surface area contributed by atoms with Crippen molar-refractivity contribution in [3.05, 3.63) is 30.0 Å². The molecular weight excluding hydrogens is 276 g/mol. The third kappa shape index (κ3) is 10.6. The van der Waals surface area contributed by atoms with Crippen LogP contribution in [-0.4, -0.2) is 0 Å². The number of hydrogen-bond acceptors (Lipinski definition) is 0. The molecule has 0 radical (unpaired) electrons. The average molecular weight is 317 g/mol. The molecule has 1 saturated carbocycles. The molecule has 1 aliphatic carbocycles. The van der Waals surface area contributed by atoms with Gasteiger partial charge < -0.3 is 0 Å². The first kappa shape index (κ1) is 20.3. The fraction of sp³-hybridized carbons (Fsp3) is 0.783. The number of allylic oxidation sites excluding steroid dienone is 2. The standard InChI is InChI=1S/C23H40/c1-5-7-8-9-10-11-12-14-22(13-6-2)17-15-20(3)16-18-23-19-21(23)4/h5,12,20-21,23H,1,6-11,13,15-19H2,2-4H3. The molecule has 0 saturated heterocycles. The van der Waals surface area contributed by atoms with Crippen LogP contribution in [0.15, 0.2) is 30.0 Å². The van der Waals surface area contributed by atoms with Gasteiger partial charge in [-0.1, -0.05) is 46.1 Å². The first-order valence-corrected chi connectivity index (χ1v) is 10.2. The topological polar surface area (TPSA) is 0 Å². The van der Waals surface area contributed by atoms with Gasteiger partial charge in [0.2, 0.25) is 0 Å². The van der Waals surface area contributed by atoms with E-state index < -0.39 is 0 Å². The summed E-state index contributed by atoms with van der Waals surface area (Å²) in [6.45, 7) is 10.9. The summed E-state index contributed by atoms with van der Waals surface area (Å²) < 4.78 is 0. The van der Waals surface area contributed by atoms with Gasteiger partial charge in [-0.3, -0.25) is 0 Å². The van der Waals surface area contributed by atoms with Crippen LogP contribution in [0, 0.1) is 17.8 Å². The van der Waals surface area contributed by atoms with Crippen LogP contribution >= 0.6 is 0 Å². The SMILES string of the molecule is C=CCCCCCC=C=C(CCC)CCC(C)CCC1CC1C. The van der Waals surface area contributed by atoms with E-state index in [2.05, 4.69) is 39.2 Å². The maximum Gasteiger partial charge on any atom is -0.0241 e. The van der Waals surface area contributed by atoms with Gasteiger partial charge in [-0.15, -0.1) is 12.3 Å². The Morgan fingerprint density at radius 1 is 1.17 bits per heavy atom. The summed E-state index contributed by atoms with van der Waals surface area (Å²) >= 11 is 0. The highest BCUT2D eigenvalue weighted by molar-refractivity contribution is 5.02. The molecule has 0 nitrogen and oxygen atoms in total. The van der Waals surface area contributed by atoms with Gasteiger partial charge in [-0.05, 0) is 87.2 Å². The molecule has 0 amide bonds. The number of unbranched alkanes of at least 4 members (excludes halogenated alkanes) is 4. The minimum absolute atomic E-state index is 0.885. The van der Waals surface area contributed by atoms with E-state index in [0.717, 1.165) is 24.2 Å². The maximum atomic E-state index is 3.78. The Kier molecular flexibility index (Phi) is 11.2. The lowest BCUT2D eigenvalue weighted by molar-refractivity contribution is 0.449. The Bertz CT molecular complexity index is 369. The van der Waals surface area contributed by atoms with Crippen molar-refractivity contribution in [2.75, 3.05) is 0 Å². The second kappa shape index (κ2) is 12.7. The van der Waals surface area contributed by atoms with E-state index in [-0.39, 0.29) is 0 Å². The molecule has 23 heavy (non-hydrogen) atoms. The quantitative estimate of drug-likeness (QED) is 0.174. The van der Waals surface area contributed by atoms with Crippen LogP contribution in [0.25, 0.3) is 0 Å². The van der Waals surface area contributed by atoms with E-state index in [1.807, 2.05) is 6.08 Å². The van der Waals surface area contributed by atoms with Crippen LogP contribution in [0.1, 0.15) is 97.8 Å². The first-order chi connectivity index (χ1) is 11.2. The van der Waals surface area contributed by atoms with Crippen LogP contribution in [0.3, 0.4) is 0 Å². The van der Waals surface area contributed by atoms with E-state index in [0.29, 0.717) is 0 Å². The summed E-state index contributed by atoms with van der Waals surface area (Å²) in [5, 5.41) is 0. The van der Waals surface area contributed by atoms with Gasteiger partial charge in [-0.25, -0.2) is 0 Å². The molecule has 0 aromatic carbocycles. The van der Waals surface area contributed by atoms with Crippen LogP contribution in [0.4, 0.5) is 0 Å². The molecule has 0 N–H and O–H groups in total. The van der Waals surface area contributed by atoms with Crippen molar-refractivity contribution in [2.45, 2.75) is 97.8 Å². The van der Waals surface area contributed by atoms with Crippen LogP contribution in [0.5, 0.6) is 0 Å². The van der Waals surface area contributed by atoms with Crippen LogP contribution in [-0.2, 0) is 0 Å². The molecular formula is C23H40. The van der Waals surface area contributed by atoms with E-state index >= 15 is 0 Å². The van der Waals surface area contributed by atoms with Gasteiger partial charge in [0.1, 0.15) is 0 Å². The molecule has 0 aromatic heterocycles. The van der Waals surface area contributed by atoms with Crippen molar-refractivity contribution in [3.63, 3.8) is 0 Å². The summed E-state index contributed by atoms with van der Waals surface area (Å²) in [5.41, 5.74) is 5.18. The molecule has 132 valence electrons. The smallest absolute Gasteiger partial charge is 0.0241 e. The monoisotopic (exact) mass is 316 g/mol. The van der Waals surface area contributed by atoms with Crippen LogP contribution in [0.2, 0.25) is 0 Å². The van der Waals surface area contributed by atoms with Crippen molar-refractivity contribution in [3.8, 4) is 0 Å². The fourth-order valence-corrected chi connectivity index (χ4v) is 3.36.